The third kappa shape index (κ3) is 12.7. The third-order valence-corrected chi connectivity index (χ3v) is 9.15. The average molecular weight is 748 g/mol. The highest BCUT2D eigenvalue weighted by Gasteiger charge is 2.33. The van der Waals surface area contributed by atoms with Crippen molar-refractivity contribution in [3.05, 3.63) is 81.7 Å². The molecule has 1 aromatic carbocycles. The number of allylic oxidation sites excluding steroid dienone is 4. The van der Waals surface area contributed by atoms with Crippen LogP contribution in [0.4, 0.5) is 24.1 Å². The van der Waals surface area contributed by atoms with Crippen molar-refractivity contribution in [2.75, 3.05) is 30.3 Å². The van der Waals surface area contributed by atoms with Crippen molar-refractivity contribution in [3.8, 4) is 0 Å². The molecule has 1 aliphatic heterocycles. The van der Waals surface area contributed by atoms with Gasteiger partial charge in [0.25, 0.3) is 5.91 Å². The van der Waals surface area contributed by atoms with Crippen LogP contribution in [0.5, 0.6) is 0 Å². The van der Waals surface area contributed by atoms with Crippen LogP contribution in [-0.4, -0.2) is 69.1 Å². The Morgan fingerprint density at radius 2 is 1.80 bits per heavy atom. The van der Waals surface area contributed by atoms with Gasteiger partial charge in [0.05, 0.1) is 12.2 Å². The van der Waals surface area contributed by atoms with Crippen LogP contribution in [0.3, 0.4) is 0 Å². The summed E-state index contributed by atoms with van der Waals surface area (Å²) < 4.78 is 47.2. The minimum Gasteiger partial charge on any atom is -0.446 e. The van der Waals surface area contributed by atoms with Crippen molar-refractivity contribution in [2.45, 2.75) is 70.3 Å². The van der Waals surface area contributed by atoms with Crippen molar-refractivity contribution in [1.82, 2.24) is 25.3 Å². The number of halogens is 4. The summed E-state index contributed by atoms with van der Waals surface area (Å²) in [6.45, 7) is 1.73. The maximum Gasteiger partial charge on any atom is 0.572 e. The minimum atomic E-state index is -4.78. The fraction of sp³-hybridized carbons (Fsp3) is 0.441. The van der Waals surface area contributed by atoms with Crippen LogP contribution in [-0.2, 0) is 36.7 Å². The van der Waals surface area contributed by atoms with Gasteiger partial charge in [-0.1, -0.05) is 53.6 Å². The number of piperidine rings is 1. The molecule has 0 bridgehead atoms. The van der Waals surface area contributed by atoms with E-state index in [0.717, 1.165) is 55.9 Å². The zero-order valence-corrected chi connectivity index (χ0v) is 29.1. The van der Waals surface area contributed by atoms with Gasteiger partial charge in [0.15, 0.2) is 5.82 Å². The van der Waals surface area contributed by atoms with Gasteiger partial charge in [-0.05, 0) is 81.5 Å². The number of benzene rings is 1. The molecule has 0 saturated carbocycles. The van der Waals surface area contributed by atoms with Gasteiger partial charge < -0.3 is 14.8 Å². The van der Waals surface area contributed by atoms with Crippen molar-refractivity contribution >= 4 is 51.7 Å². The number of aryl methyl sites for hydroxylation is 2. The van der Waals surface area contributed by atoms with Crippen LogP contribution < -0.4 is 10.6 Å². The Kier molecular flexibility index (Phi) is 13.5. The van der Waals surface area contributed by atoms with Crippen molar-refractivity contribution in [1.29, 1.82) is 0 Å². The Morgan fingerprint density at radius 3 is 2.55 bits per heavy atom. The summed E-state index contributed by atoms with van der Waals surface area (Å²) in [6, 6.07) is 9.99. The lowest BCUT2D eigenvalue weighted by molar-refractivity contribution is -0.306. The van der Waals surface area contributed by atoms with E-state index in [1.54, 1.807) is 42.5 Å². The third-order valence-electron chi connectivity index (χ3n) is 8.02. The van der Waals surface area contributed by atoms with E-state index in [1.807, 2.05) is 4.90 Å². The largest absolute Gasteiger partial charge is 0.572 e. The maximum atomic E-state index is 13.3. The molecule has 2 N–H and O–H groups in total. The molecule has 272 valence electrons. The second-order valence-corrected chi connectivity index (χ2v) is 13.6. The Balaban J connectivity index is 1.04. The number of nitrogens with zero attached hydrogens (tertiary/aromatic N) is 5. The first-order valence-corrected chi connectivity index (χ1v) is 17.7. The number of aromatic nitrogens is 4. The number of rotatable bonds is 15. The number of carbonyl (C=O) groups excluding carboxylic acids is 3. The first kappa shape index (κ1) is 37.8. The molecule has 3 aromatic rings. The van der Waals surface area contributed by atoms with Crippen molar-refractivity contribution in [2.24, 2.45) is 5.92 Å². The maximum absolute atomic E-state index is 13.3. The lowest BCUT2D eigenvalue weighted by atomic mass is 9.95. The van der Waals surface area contributed by atoms with Gasteiger partial charge in [-0.15, -0.1) is 28.5 Å². The van der Waals surface area contributed by atoms with Crippen LogP contribution in [0.1, 0.15) is 67.3 Å². The molecule has 5 rings (SSSR count). The summed E-state index contributed by atoms with van der Waals surface area (Å²) >= 11 is 7.40. The molecule has 2 atom stereocenters. The number of esters is 1. The van der Waals surface area contributed by atoms with Crippen LogP contribution in [0.2, 0.25) is 5.02 Å². The molecule has 1 aliphatic carbocycles. The highest BCUT2D eigenvalue weighted by Crippen LogP contribution is 2.29. The average Bonchev–Trinajstić information content (AvgIpc) is 3.53. The summed E-state index contributed by atoms with van der Waals surface area (Å²) in [5.74, 6) is -1.90. The number of anilines is 2. The number of ether oxygens (including phenoxy) is 2. The number of nitrogens with one attached hydrogen (secondary N) is 2. The van der Waals surface area contributed by atoms with E-state index in [1.165, 1.54) is 23.5 Å². The highest BCUT2D eigenvalue weighted by atomic mass is 35.5. The molecule has 1 fully saturated rings. The molecule has 1 saturated heterocycles. The van der Waals surface area contributed by atoms with Crippen LogP contribution >= 0.6 is 22.9 Å². The highest BCUT2D eigenvalue weighted by molar-refractivity contribution is 7.15. The number of hydrogen-bond acceptors (Lipinski definition) is 11. The van der Waals surface area contributed by atoms with Crippen molar-refractivity contribution < 1.29 is 37.0 Å². The molecular weight excluding hydrogens is 711 g/mol. The summed E-state index contributed by atoms with van der Waals surface area (Å²) in [6.07, 6.45) is 4.18. The van der Waals surface area contributed by atoms with Crippen LogP contribution in [0.15, 0.2) is 60.4 Å². The van der Waals surface area contributed by atoms with E-state index in [-0.39, 0.29) is 36.1 Å². The molecular formula is C34H37ClF3N7O5S. The van der Waals surface area contributed by atoms with E-state index in [4.69, 9.17) is 16.3 Å². The molecule has 51 heavy (non-hydrogen) atoms. The molecule has 0 spiro atoms. The SMILES string of the molecule is O=C(CC1C=CC=C(OC(F)(F)F)C1)Nc1ccc(CCCCc2nnc(NC(=O)C(OC(=O)CN3CCCCC3)c3cccc(Cl)c3)s2)nn1. The van der Waals surface area contributed by atoms with Crippen LogP contribution in [0.25, 0.3) is 0 Å². The molecule has 2 aromatic heterocycles. The topological polar surface area (TPSA) is 149 Å². The Bertz CT molecular complexity index is 1710. The Labute approximate surface area is 301 Å². The first-order chi connectivity index (χ1) is 24.5. The standard InChI is InChI=1S/C34H37ClF3N7O5S/c35-24-10-7-9-23(20-24)31(49-30(47)21-45-16-4-1-5-17-45)32(48)40-33-44-43-29(51-33)13-3-2-11-25-14-15-27(42-41-25)39-28(46)19-22-8-6-12-26(18-22)50-34(36,37)38/h6-10,12,14-15,20,22,31H,1-5,11,13,16-19,21H2,(H,39,42,46)(H,40,44,48). The van der Waals surface area contributed by atoms with E-state index in [2.05, 4.69) is 35.8 Å². The number of carbonyl (C=O) groups is 3. The number of hydrogen-bond donors (Lipinski definition) is 2. The normalized spacial score (nSPS) is 16.9. The first-order valence-electron chi connectivity index (χ1n) is 16.6. The van der Waals surface area contributed by atoms with Crippen molar-refractivity contribution in [3.63, 3.8) is 0 Å². The zero-order valence-electron chi connectivity index (χ0n) is 27.5. The Hall–Kier alpha value is -4.41. The predicted molar refractivity (Wildman–Crippen MR) is 184 cm³/mol. The smallest absolute Gasteiger partial charge is 0.446 e. The fourth-order valence-corrected chi connectivity index (χ4v) is 6.62. The number of unbranched alkanes of at least 4 members (excludes halogenated alkanes) is 1. The quantitative estimate of drug-likeness (QED) is 0.129. The lowest BCUT2D eigenvalue weighted by Crippen LogP contribution is -2.36. The van der Waals surface area contributed by atoms with Gasteiger partial charge in [-0.3, -0.25) is 24.6 Å². The lowest BCUT2D eigenvalue weighted by Gasteiger charge is -2.26. The van der Waals surface area contributed by atoms with E-state index >= 15 is 0 Å². The van der Waals surface area contributed by atoms with Gasteiger partial charge in [-0.2, -0.15) is 5.10 Å². The number of alkyl halides is 3. The van der Waals surface area contributed by atoms with E-state index in [0.29, 0.717) is 23.4 Å². The zero-order chi connectivity index (χ0) is 36.2. The summed E-state index contributed by atoms with van der Waals surface area (Å²) in [4.78, 5) is 40.6. The Morgan fingerprint density at radius 1 is 1.00 bits per heavy atom. The second kappa shape index (κ2) is 18.2. The van der Waals surface area contributed by atoms with Gasteiger partial charge in [0, 0.05) is 29.8 Å². The molecule has 0 radical (unpaired) electrons. The number of amides is 2. The van der Waals surface area contributed by atoms with Gasteiger partial charge in [-0.25, -0.2) is 0 Å². The minimum absolute atomic E-state index is 0.0374. The molecule has 2 unspecified atom stereocenters. The molecule has 17 heteroatoms. The second-order valence-electron chi connectivity index (χ2n) is 12.2. The molecule has 12 nitrogen and oxygen atoms in total. The van der Waals surface area contributed by atoms with E-state index in [9.17, 15) is 27.6 Å². The summed E-state index contributed by atoms with van der Waals surface area (Å²) in [5, 5.41) is 23.2. The van der Waals surface area contributed by atoms with Crippen LogP contribution in [0, 0.1) is 5.92 Å². The van der Waals surface area contributed by atoms with Gasteiger partial charge >= 0.3 is 12.3 Å². The van der Waals surface area contributed by atoms with Gasteiger partial charge in [0.2, 0.25) is 17.1 Å². The predicted octanol–water partition coefficient (Wildman–Crippen LogP) is 6.58. The van der Waals surface area contributed by atoms with Gasteiger partial charge in [0.1, 0.15) is 10.8 Å². The summed E-state index contributed by atoms with van der Waals surface area (Å²) in [7, 11) is 0. The van der Waals surface area contributed by atoms with E-state index < -0.39 is 36.2 Å². The molecule has 2 amide bonds. The molecule has 2 aliphatic rings. The molecule has 3 heterocycles. The summed E-state index contributed by atoms with van der Waals surface area (Å²) in [5.41, 5.74) is 1.16. The number of likely N-dealkylation sites (tertiary alicyclic amines) is 1. The monoisotopic (exact) mass is 747 g/mol. The fourth-order valence-electron chi connectivity index (χ4n) is 5.64.